The monoisotopic (exact) mass is 276 g/mol. The van der Waals surface area contributed by atoms with Crippen molar-refractivity contribution in [1.82, 2.24) is 5.32 Å². The van der Waals surface area contributed by atoms with Gasteiger partial charge in [-0.1, -0.05) is 6.07 Å². The first-order chi connectivity index (χ1) is 9.56. The molecule has 2 aromatic rings. The van der Waals surface area contributed by atoms with Crippen LogP contribution in [0.3, 0.4) is 0 Å². The van der Waals surface area contributed by atoms with Crippen LogP contribution in [0.25, 0.3) is 0 Å². The van der Waals surface area contributed by atoms with Crippen molar-refractivity contribution < 1.29 is 13.6 Å². The number of carbonyl (C=O) groups excluding carboxylic acids is 1. The average Bonchev–Trinajstić information content (AvgIpc) is 2.93. The molecule has 0 spiro atoms. The van der Waals surface area contributed by atoms with Gasteiger partial charge in [0, 0.05) is 5.69 Å². The summed E-state index contributed by atoms with van der Waals surface area (Å²) in [4.78, 5) is 11.9. The van der Waals surface area contributed by atoms with Crippen molar-refractivity contribution in [1.29, 1.82) is 0 Å². The van der Waals surface area contributed by atoms with Crippen LogP contribution in [-0.2, 0) is 11.3 Å². The van der Waals surface area contributed by atoms with Crippen LogP contribution in [0.1, 0.15) is 18.2 Å². The third kappa shape index (κ3) is 3.60. The highest BCUT2D eigenvalue weighted by atomic mass is 19.1. The molecule has 4 nitrogen and oxygen atoms in total. The molecular weight excluding hydrogens is 259 g/mol. The van der Waals surface area contributed by atoms with E-state index in [-0.39, 0.29) is 11.7 Å². The molecule has 0 radical (unpaired) electrons. The van der Waals surface area contributed by atoms with Crippen LogP contribution in [0.2, 0.25) is 0 Å². The zero-order chi connectivity index (χ0) is 14.5. The lowest BCUT2D eigenvalue weighted by Crippen LogP contribution is -2.37. The van der Waals surface area contributed by atoms with Gasteiger partial charge in [0.15, 0.2) is 0 Å². The fraction of sp³-hybridized carbons (Fsp3) is 0.267. The van der Waals surface area contributed by atoms with Crippen LogP contribution in [0.5, 0.6) is 0 Å². The van der Waals surface area contributed by atoms with Crippen molar-refractivity contribution in [3.8, 4) is 0 Å². The smallest absolute Gasteiger partial charge is 0.242 e. The molecule has 1 aromatic carbocycles. The molecule has 20 heavy (non-hydrogen) atoms. The minimum absolute atomic E-state index is 0.176. The number of nitrogens with one attached hydrogen (secondary N) is 2. The number of hydrogen-bond donors (Lipinski definition) is 2. The summed E-state index contributed by atoms with van der Waals surface area (Å²) >= 11 is 0. The fourth-order valence-corrected chi connectivity index (χ4v) is 1.79. The van der Waals surface area contributed by atoms with Crippen molar-refractivity contribution in [2.24, 2.45) is 0 Å². The summed E-state index contributed by atoms with van der Waals surface area (Å²) in [6, 6.07) is 7.53. The number of amides is 1. The van der Waals surface area contributed by atoms with Gasteiger partial charge < -0.3 is 15.1 Å². The van der Waals surface area contributed by atoms with E-state index >= 15 is 0 Å². The molecule has 0 aliphatic carbocycles. The molecule has 2 rings (SSSR count). The molecular formula is C15H17FN2O2. The van der Waals surface area contributed by atoms with Crippen molar-refractivity contribution in [3.05, 3.63) is 53.7 Å². The number of anilines is 1. The number of halogens is 1. The predicted molar refractivity (Wildman–Crippen MR) is 74.8 cm³/mol. The van der Waals surface area contributed by atoms with Crippen LogP contribution < -0.4 is 10.6 Å². The van der Waals surface area contributed by atoms with Crippen LogP contribution >= 0.6 is 0 Å². The number of furan rings is 1. The van der Waals surface area contributed by atoms with E-state index in [2.05, 4.69) is 10.6 Å². The largest absolute Gasteiger partial charge is 0.467 e. The lowest BCUT2D eigenvalue weighted by Gasteiger charge is -2.16. The van der Waals surface area contributed by atoms with Gasteiger partial charge >= 0.3 is 0 Å². The average molecular weight is 276 g/mol. The molecule has 106 valence electrons. The molecule has 0 aliphatic rings. The molecule has 5 heteroatoms. The summed E-state index contributed by atoms with van der Waals surface area (Å²) < 4.78 is 18.3. The Morgan fingerprint density at radius 3 is 2.90 bits per heavy atom. The second-order valence-corrected chi connectivity index (χ2v) is 4.62. The SMILES string of the molecule is Cc1ccc(F)cc1NC(C)C(=O)NCc1ccco1. The lowest BCUT2D eigenvalue weighted by molar-refractivity contribution is -0.121. The van der Waals surface area contributed by atoms with Crippen LogP contribution in [0.15, 0.2) is 41.0 Å². The first-order valence-corrected chi connectivity index (χ1v) is 6.39. The molecule has 0 bridgehead atoms. The zero-order valence-corrected chi connectivity index (χ0v) is 11.4. The molecule has 1 amide bonds. The van der Waals surface area contributed by atoms with Gasteiger partial charge in [-0.3, -0.25) is 4.79 Å². The topological polar surface area (TPSA) is 54.3 Å². The Bertz CT molecular complexity index is 582. The van der Waals surface area contributed by atoms with E-state index in [4.69, 9.17) is 4.42 Å². The molecule has 0 saturated heterocycles. The maximum absolute atomic E-state index is 13.2. The lowest BCUT2D eigenvalue weighted by atomic mass is 10.1. The van der Waals surface area contributed by atoms with Crippen LogP contribution in [0.4, 0.5) is 10.1 Å². The molecule has 0 fully saturated rings. The zero-order valence-electron chi connectivity index (χ0n) is 11.4. The van der Waals surface area contributed by atoms with E-state index in [9.17, 15) is 9.18 Å². The number of rotatable bonds is 5. The van der Waals surface area contributed by atoms with E-state index in [0.29, 0.717) is 18.0 Å². The molecule has 1 unspecified atom stereocenters. The number of aryl methyl sites for hydroxylation is 1. The van der Waals surface area contributed by atoms with E-state index in [1.54, 1.807) is 31.4 Å². The highest BCUT2D eigenvalue weighted by Gasteiger charge is 2.14. The summed E-state index contributed by atoms with van der Waals surface area (Å²) in [7, 11) is 0. The Labute approximate surface area is 117 Å². The third-order valence-electron chi connectivity index (χ3n) is 2.98. The van der Waals surface area contributed by atoms with Gasteiger partial charge in [-0.05, 0) is 43.7 Å². The fourth-order valence-electron chi connectivity index (χ4n) is 1.79. The summed E-state index contributed by atoms with van der Waals surface area (Å²) in [5.41, 5.74) is 1.50. The second-order valence-electron chi connectivity index (χ2n) is 4.62. The Morgan fingerprint density at radius 1 is 1.40 bits per heavy atom. The summed E-state index contributed by atoms with van der Waals surface area (Å²) in [5.74, 6) is 0.179. The molecule has 0 saturated carbocycles. The minimum atomic E-state index is -0.467. The number of benzene rings is 1. The van der Waals surface area contributed by atoms with Gasteiger partial charge in [-0.25, -0.2) is 4.39 Å². The molecule has 2 N–H and O–H groups in total. The number of carbonyl (C=O) groups is 1. The first-order valence-electron chi connectivity index (χ1n) is 6.39. The molecule has 1 heterocycles. The van der Waals surface area contributed by atoms with E-state index in [0.717, 1.165) is 5.56 Å². The maximum atomic E-state index is 13.2. The van der Waals surface area contributed by atoms with Crippen molar-refractivity contribution in [3.63, 3.8) is 0 Å². The van der Waals surface area contributed by atoms with Crippen molar-refractivity contribution in [2.45, 2.75) is 26.4 Å². The van der Waals surface area contributed by atoms with Gasteiger partial charge in [-0.15, -0.1) is 0 Å². The van der Waals surface area contributed by atoms with Crippen LogP contribution in [-0.4, -0.2) is 11.9 Å². The van der Waals surface area contributed by atoms with Gasteiger partial charge in [0.2, 0.25) is 5.91 Å². The normalized spacial score (nSPS) is 11.9. The molecule has 1 aromatic heterocycles. The second kappa shape index (κ2) is 6.23. The van der Waals surface area contributed by atoms with Gasteiger partial charge in [-0.2, -0.15) is 0 Å². The van der Waals surface area contributed by atoms with E-state index < -0.39 is 6.04 Å². The summed E-state index contributed by atoms with van der Waals surface area (Å²) in [6.45, 7) is 3.91. The predicted octanol–water partition coefficient (Wildman–Crippen LogP) is 2.84. The van der Waals surface area contributed by atoms with Gasteiger partial charge in [0.05, 0.1) is 12.8 Å². The minimum Gasteiger partial charge on any atom is -0.467 e. The summed E-state index contributed by atoms with van der Waals surface area (Å²) in [6.07, 6.45) is 1.55. The van der Waals surface area contributed by atoms with Gasteiger partial charge in [0.25, 0.3) is 0 Å². The Hall–Kier alpha value is -2.30. The highest BCUT2D eigenvalue weighted by Crippen LogP contribution is 2.16. The highest BCUT2D eigenvalue weighted by molar-refractivity contribution is 5.84. The van der Waals surface area contributed by atoms with Crippen molar-refractivity contribution in [2.75, 3.05) is 5.32 Å². The van der Waals surface area contributed by atoms with Gasteiger partial charge in [0.1, 0.15) is 17.6 Å². The standard InChI is InChI=1S/C15H17FN2O2/c1-10-5-6-12(16)8-14(10)18-11(2)15(19)17-9-13-4-3-7-20-13/h3-8,11,18H,9H2,1-2H3,(H,17,19). The van der Waals surface area contributed by atoms with E-state index in [1.165, 1.54) is 12.1 Å². The Morgan fingerprint density at radius 2 is 2.20 bits per heavy atom. The molecule has 1 atom stereocenters. The van der Waals surface area contributed by atoms with E-state index in [1.807, 2.05) is 6.92 Å². The Balaban J connectivity index is 1.92. The summed E-state index contributed by atoms with van der Waals surface area (Å²) in [5, 5.41) is 5.75. The maximum Gasteiger partial charge on any atom is 0.242 e. The first kappa shape index (κ1) is 14.1. The quantitative estimate of drug-likeness (QED) is 0.883. The van der Waals surface area contributed by atoms with Crippen LogP contribution in [0, 0.1) is 12.7 Å². The Kier molecular flexibility index (Phi) is 4.40. The third-order valence-corrected chi connectivity index (χ3v) is 2.98. The number of hydrogen-bond acceptors (Lipinski definition) is 3. The molecule has 0 aliphatic heterocycles. The van der Waals surface area contributed by atoms with Crippen molar-refractivity contribution >= 4 is 11.6 Å².